The molecule has 1 aromatic rings. The van der Waals surface area contributed by atoms with Crippen LogP contribution in [0.3, 0.4) is 0 Å². The van der Waals surface area contributed by atoms with Gasteiger partial charge in [-0.3, -0.25) is 9.59 Å². The van der Waals surface area contributed by atoms with E-state index in [-0.39, 0.29) is 23.3 Å². The normalized spacial score (nSPS) is 24.6. The van der Waals surface area contributed by atoms with Crippen molar-refractivity contribution in [1.29, 1.82) is 0 Å². The van der Waals surface area contributed by atoms with Crippen molar-refractivity contribution in [1.82, 2.24) is 4.98 Å². The van der Waals surface area contributed by atoms with Gasteiger partial charge in [-0.05, 0) is 25.8 Å². The van der Waals surface area contributed by atoms with Crippen LogP contribution in [0.2, 0.25) is 0 Å². The van der Waals surface area contributed by atoms with E-state index < -0.39 is 11.4 Å². The van der Waals surface area contributed by atoms with Crippen LogP contribution in [0.15, 0.2) is 12.3 Å². The third kappa shape index (κ3) is 3.36. The zero-order chi connectivity index (χ0) is 16.3. The number of ether oxygens (including phenoxy) is 1. The second-order valence-corrected chi connectivity index (χ2v) is 5.94. The minimum atomic E-state index is -0.665. The van der Waals surface area contributed by atoms with E-state index in [0.29, 0.717) is 5.69 Å². The van der Waals surface area contributed by atoms with Gasteiger partial charge < -0.3 is 21.5 Å². The number of hydrogen-bond acceptors (Lipinski definition) is 5. The summed E-state index contributed by atoms with van der Waals surface area (Å²) in [7, 11) is 1.40. The molecule has 0 bridgehead atoms. The number of nitrogens with zero attached hydrogens (tertiary/aromatic N) is 1. The minimum absolute atomic E-state index is 0.124. The summed E-state index contributed by atoms with van der Waals surface area (Å²) in [6, 6.07) is 1.46. The molecule has 2 rings (SSSR count). The predicted molar refractivity (Wildman–Crippen MR) is 82.5 cm³/mol. The molecule has 7 nitrogen and oxygen atoms in total. The highest BCUT2D eigenvalue weighted by Crippen LogP contribution is 2.32. The van der Waals surface area contributed by atoms with Gasteiger partial charge in [-0.15, -0.1) is 0 Å². The Morgan fingerprint density at radius 1 is 1.45 bits per heavy atom. The van der Waals surface area contributed by atoms with Gasteiger partial charge in [0.2, 0.25) is 11.8 Å². The lowest BCUT2D eigenvalue weighted by Crippen LogP contribution is -2.51. The first-order valence-corrected chi connectivity index (χ1v) is 7.28. The molecule has 22 heavy (non-hydrogen) atoms. The lowest BCUT2D eigenvalue weighted by molar-refractivity contribution is -0.122. The molecule has 1 fully saturated rings. The van der Waals surface area contributed by atoms with E-state index >= 15 is 0 Å². The van der Waals surface area contributed by atoms with E-state index in [1.807, 2.05) is 6.92 Å². The molecule has 1 heterocycles. The second kappa shape index (κ2) is 6.31. The van der Waals surface area contributed by atoms with Gasteiger partial charge >= 0.3 is 0 Å². The molecule has 0 saturated heterocycles. The van der Waals surface area contributed by atoms with Gasteiger partial charge in [0.1, 0.15) is 5.56 Å². The van der Waals surface area contributed by atoms with E-state index in [0.717, 1.165) is 25.7 Å². The zero-order valence-electron chi connectivity index (χ0n) is 12.9. The van der Waals surface area contributed by atoms with Crippen molar-refractivity contribution in [3.63, 3.8) is 0 Å². The number of nitrogens with one attached hydrogen (secondary N) is 1. The maximum Gasteiger partial charge on any atom is 0.254 e. The third-order valence-corrected chi connectivity index (χ3v) is 4.15. The Hall–Kier alpha value is -2.15. The molecule has 2 atom stereocenters. The molecule has 1 saturated carbocycles. The Morgan fingerprint density at radius 2 is 2.18 bits per heavy atom. The van der Waals surface area contributed by atoms with Crippen molar-refractivity contribution in [2.75, 3.05) is 12.4 Å². The fraction of sp³-hybridized carbons (Fsp3) is 0.533. The monoisotopic (exact) mass is 306 g/mol. The summed E-state index contributed by atoms with van der Waals surface area (Å²) in [6.07, 6.45) is 5.02. The average molecular weight is 306 g/mol. The summed E-state index contributed by atoms with van der Waals surface area (Å²) in [5.41, 5.74) is 11.5. The zero-order valence-corrected chi connectivity index (χ0v) is 12.9. The van der Waals surface area contributed by atoms with Crippen LogP contribution in [0.1, 0.15) is 43.0 Å². The van der Waals surface area contributed by atoms with Gasteiger partial charge in [-0.1, -0.05) is 12.8 Å². The van der Waals surface area contributed by atoms with Gasteiger partial charge in [-0.25, -0.2) is 4.98 Å². The van der Waals surface area contributed by atoms with Gasteiger partial charge in [0, 0.05) is 5.54 Å². The molecule has 2 unspecified atom stereocenters. The predicted octanol–water partition coefficient (Wildman–Crippen LogP) is 1.04. The maximum atomic E-state index is 12.5. The summed E-state index contributed by atoms with van der Waals surface area (Å²) in [6.45, 7) is 1.90. The Labute approximate surface area is 129 Å². The fourth-order valence-corrected chi connectivity index (χ4v) is 2.88. The van der Waals surface area contributed by atoms with Crippen LogP contribution in [0.5, 0.6) is 5.88 Å². The van der Waals surface area contributed by atoms with Crippen LogP contribution in [-0.2, 0) is 4.79 Å². The third-order valence-electron chi connectivity index (χ3n) is 4.15. The highest BCUT2D eigenvalue weighted by Gasteiger charge is 2.37. The SMILES string of the molecule is COc1ncc(NC(=O)C2CCCCC2(C)N)cc1C(N)=O. The Kier molecular flexibility index (Phi) is 4.65. The molecule has 120 valence electrons. The Morgan fingerprint density at radius 3 is 2.77 bits per heavy atom. The van der Waals surface area contributed by atoms with Crippen LogP contribution < -0.4 is 21.5 Å². The highest BCUT2D eigenvalue weighted by molar-refractivity contribution is 5.98. The molecule has 1 aliphatic carbocycles. The molecule has 1 aliphatic rings. The number of anilines is 1. The van der Waals surface area contributed by atoms with E-state index in [1.165, 1.54) is 19.4 Å². The topological polar surface area (TPSA) is 120 Å². The van der Waals surface area contributed by atoms with Crippen molar-refractivity contribution in [3.05, 3.63) is 17.8 Å². The largest absolute Gasteiger partial charge is 0.480 e. The summed E-state index contributed by atoms with van der Waals surface area (Å²) < 4.78 is 4.97. The number of hydrogen-bond donors (Lipinski definition) is 3. The summed E-state index contributed by atoms with van der Waals surface area (Å²) in [4.78, 5) is 27.8. The number of rotatable bonds is 4. The number of carbonyl (C=O) groups is 2. The van der Waals surface area contributed by atoms with Crippen molar-refractivity contribution in [2.45, 2.75) is 38.1 Å². The minimum Gasteiger partial charge on any atom is -0.480 e. The first kappa shape index (κ1) is 16.2. The van der Waals surface area contributed by atoms with Gasteiger partial charge in [0.05, 0.1) is 24.9 Å². The summed E-state index contributed by atoms with van der Waals surface area (Å²) in [5, 5.41) is 2.77. The quantitative estimate of drug-likeness (QED) is 0.767. The van der Waals surface area contributed by atoms with Crippen LogP contribution in [-0.4, -0.2) is 29.4 Å². The lowest BCUT2D eigenvalue weighted by atomic mass is 9.74. The number of methoxy groups -OCH3 is 1. The average Bonchev–Trinajstić information content (AvgIpc) is 2.46. The number of pyridine rings is 1. The molecule has 0 radical (unpaired) electrons. The second-order valence-electron chi connectivity index (χ2n) is 5.94. The number of primary amides is 1. The van der Waals surface area contributed by atoms with Gasteiger partial charge in [0.25, 0.3) is 5.91 Å². The summed E-state index contributed by atoms with van der Waals surface area (Å²) in [5.74, 6) is -0.957. The van der Waals surface area contributed by atoms with Gasteiger partial charge in [0.15, 0.2) is 0 Å². The van der Waals surface area contributed by atoms with Crippen molar-refractivity contribution in [2.24, 2.45) is 17.4 Å². The molecule has 5 N–H and O–H groups in total. The van der Waals surface area contributed by atoms with Crippen LogP contribution >= 0.6 is 0 Å². The van der Waals surface area contributed by atoms with Crippen molar-refractivity contribution in [3.8, 4) is 5.88 Å². The Balaban J connectivity index is 2.18. The van der Waals surface area contributed by atoms with E-state index in [1.54, 1.807) is 0 Å². The van der Waals surface area contributed by atoms with Crippen LogP contribution in [0.25, 0.3) is 0 Å². The number of carbonyl (C=O) groups excluding carboxylic acids is 2. The molecule has 1 aromatic heterocycles. The lowest BCUT2D eigenvalue weighted by Gasteiger charge is -2.37. The number of nitrogens with two attached hydrogens (primary N) is 2. The van der Waals surface area contributed by atoms with Crippen LogP contribution in [0.4, 0.5) is 5.69 Å². The van der Waals surface area contributed by atoms with Gasteiger partial charge in [-0.2, -0.15) is 0 Å². The Bertz CT molecular complexity index is 586. The van der Waals surface area contributed by atoms with Crippen molar-refractivity contribution < 1.29 is 14.3 Å². The maximum absolute atomic E-state index is 12.5. The molecule has 0 aromatic carbocycles. The fourth-order valence-electron chi connectivity index (χ4n) is 2.88. The molecule has 7 heteroatoms. The number of amides is 2. The first-order chi connectivity index (χ1) is 10.3. The van der Waals surface area contributed by atoms with Crippen LogP contribution in [0, 0.1) is 5.92 Å². The molecular weight excluding hydrogens is 284 g/mol. The molecule has 0 aliphatic heterocycles. The summed E-state index contributed by atoms with van der Waals surface area (Å²) >= 11 is 0. The van der Waals surface area contributed by atoms with E-state index in [4.69, 9.17) is 16.2 Å². The highest BCUT2D eigenvalue weighted by atomic mass is 16.5. The van der Waals surface area contributed by atoms with E-state index in [2.05, 4.69) is 10.3 Å². The molecule has 0 spiro atoms. The number of aromatic nitrogens is 1. The van der Waals surface area contributed by atoms with E-state index in [9.17, 15) is 9.59 Å². The smallest absolute Gasteiger partial charge is 0.254 e. The molecule has 2 amide bonds. The molecular formula is C15H22N4O3. The van der Waals surface area contributed by atoms with Crippen molar-refractivity contribution >= 4 is 17.5 Å². The first-order valence-electron chi connectivity index (χ1n) is 7.28. The standard InChI is InChI=1S/C15H22N4O3/c1-15(17)6-4-3-5-11(15)13(21)19-9-7-10(12(16)20)14(22-2)18-8-9/h7-8,11H,3-6,17H2,1-2H3,(H2,16,20)(H,19,21).